The smallest absolute Gasteiger partial charge is 0.210 e. The van der Waals surface area contributed by atoms with E-state index < -0.39 is 11.8 Å². The molecule has 2 heterocycles. The van der Waals surface area contributed by atoms with Gasteiger partial charge in [0.15, 0.2) is 22.7 Å². The largest absolute Gasteiger partial charge is 0.508 e. The summed E-state index contributed by atoms with van der Waals surface area (Å²) in [7, 11) is 0. The van der Waals surface area contributed by atoms with Crippen LogP contribution < -0.4 is 0 Å². The molecular weight excluding hydrogens is 445 g/mol. The summed E-state index contributed by atoms with van der Waals surface area (Å²) in [5, 5.41) is 18.4. The second-order valence-electron chi connectivity index (χ2n) is 7.66. The molecule has 2 unspecified atom stereocenters. The van der Waals surface area contributed by atoms with E-state index in [-0.39, 0.29) is 33.2 Å². The number of aromatic nitrogens is 2. The Kier molecular flexibility index (Phi) is 6.57. The van der Waals surface area contributed by atoms with Gasteiger partial charge in [-0.15, -0.1) is 0 Å². The first-order chi connectivity index (χ1) is 16.5. The number of ketones is 2. The summed E-state index contributed by atoms with van der Waals surface area (Å²) in [4.78, 5) is 31.9. The number of rotatable bonds is 2. The molecule has 0 aliphatic heterocycles. The number of hydrogen-bond donors (Lipinski definition) is 2. The molecule has 2 N–H and O–H groups in total. The molecule has 0 spiro atoms. The Hall–Kier alpha value is -4.55. The van der Waals surface area contributed by atoms with E-state index in [1.165, 1.54) is 24.3 Å². The summed E-state index contributed by atoms with van der Waals surface area (Å²) in [5.74, 6) is -0.901. The molecule has 2 aliphatic carbocycles. The fourth-order valence-electron chi connectivity index (χ4n) is 3.60. The van der Waals surface area contributed by atoms with Gasteiger partial charge in [-0.1, -0.05) is 36.4 Å². The molecule has 6 rings (SSSR count). The van der Waals surface area contributed by atoms with Crippen LogP contribution in [0.15, 0.2) is 105 Å². The van der Waals surface area contributed by atoms with Gasteiger partial charge in [0.1, 0.15) is 34.4 Å². The third-order valence-electron chi connectivity index (χ3n) is 5.27. The van der Waals surface area contributed by atoms with Gasteiger partial charge in [-0.05, 0) is 36.4 Å². The number of nitrogens with zero attached hydrogens (tertiary/aromatic N) is 2. The third kappa shape index (κ3) is 4.88. The normalized spacial score (nSPS) is 19.1. The maximum absolute atomic E-state index is 11.7. The quantitative estimate of drug-likeness (QED) is 0.413. The van der Waals surface area contributed by atoms with Crippen LogP contribution in [0.3, 0.4) is 0 Å². The minimum atomic E-state index is -0.543. The van der Waals surface area contributed by atoms with Crippen LogP contribution in [0.4, 0.5) is 0 Å². The van der Waals surface area contributed by atoms with Crippen molar-refractivity contribution in [3.8, 4) is 0 Å². The number of para-hydroxylation sites is 4. The summed E-state index contributed by atoms with van der Waals surface area (Å²) in [6.07, 6.45) is 8.48. The van der Waals surface area contributed by atoms with E-state index in [2.05, 4.69) is 9.97 Å². The monoisotopic (exact) mass is 463 g/mol. The van der Waals surface area contributed by atoms with E-state index in [4.69, 9.17) is 8.83 Å². The van der Waals surface area contributed by atoms with Gasteiger partial charge in [0.25, 0.3) is 0 Å². The zero-order chi connectivity index (χ0) is 23.7. The van der Waals surface area contributed by atoms with Gasteiger partial charge in [-0.25, -0.2) is 9.97 Å². The molecule has 35 heavy (non-hydrogen) atoms. The number of benzene rings is 2. The average Bonchev–Trinajstić information content (AvgIpc) is 3.43. The molecule has 0 amide bonds. The van der Waals surface area contributed by atoms with Gasteiger partial charge >= 0.3 is 0 Å². The molecule has 2 aromatic carbocycles. The van der Waals surface area contributed by atoms with Gasteiger partial charge < -0.3 is 19.0 Å². The number of aliphatic hydroxyl groups excluding tert-OH is 2. The van der Waals surface area contributed by atoms with Crippen LogP contribution in [0, 0.1) is 0 Å². The molecule has 9 heteroatoms. The molecule has 0 fully saturated rings. The van der Waals surface area contributed by atoms with E-state index in [0.29, 0.717) is 22.9 Å². The van der Waals surface area contributed by atoms with Crippen molar-refractivity contribution in [2.45, 2.75) is 11.8 Å². The molecule has 8 nitrogen and oxygen atoms in total. The van der Waals surface area contributed by atoms with E-state index in [0.717, 1.165) is 11.0 Å². The van der Waals surface area contributed by atoms with E-state index >= 15 is 0 Å². The Balaban J connectivity index is 0.000000160. The van der Waals surface area contributed by atoms with Crippen LogP contribution in [0.5, 0.6) is 0 Å². The third-order valence-corrected chi connectivity index (χ3v) is 5.27. The van der Waals surface area contributed by atoms with Crippen LogP contribution in [-0.2, 0) is 9.59 Å². The Morgan fingerprint density at radius 1 is 0.657 bits per heavy atom. The molecule has 0 saturated heterocycles. The molecule has 2 aliphatic rings. The number of fused-ring (bicyclic) bond motifs is 2. The second kappa shape index (κ2) is 9.75. The van der Waals surface area contributed by atoms with Crippen molar-refractivity contribution in [2.75, 3.05) is 0 Å². The SMILES string of the molecule is O=C1C=C(O)C=CC1c1nc2ccccc2o1.O=C1C=C(O)C=CC1c1nc2ccccc2o1.[Be]. The number of hydrogen-bond acceptors (Lipinski definition) is 8. The zero-order valence-electron chi connectivity index (χ0n) is 18.4. The summed E-state index contributed by atoms with van der Waals surface area (Å²) in [5.41, 5.74) is 2.76. The van der Waals surface area contributed by atoms with Crippen LogP contribution >= 0.6 is 0 Å². The van der Waals surface area contributed by atoms with Crippen molar-refractivity contribution in [1.82, 2.24) is 9.97 Å². The Morgan fingerprint density at radius 2 is 1.06 bits per heavy atom. The Morgan fingerprint density at radius 3 is 1.43 bits per heavy atom. The predicted octanol–water partition coefficient (Wildman–Crippen LogP) is 4.60. The number of allylic oxidation sites excluding steroid dienone is 6. The molecule has 2 atom stereocenters. The van der Waals surface area contributed by atoms with Gasteiger partial charge in [-0.3, -0.25) is 9.59 Å². The molecule has 2 aromatic heterocycles. The van der Waals surface area contributed by atoms with Gasteiger partial charge in [0, 0.05) is 22.3 Å². The number of carbonyl (C=O) groups excluding carboxylic acids is 2. The fourth-order valence-corrected chi connectivity index (χ4v) is 3.60. The first kappa shape index (κ1) is 23.6. The maximum atomic E-state index is 11.7. The molecular formula is C26H18BeN2O6. The standard InChI is InChI=1S/2C13H9NO3.Be/c2*15-8-5-6-9(11(16)7-8)13-14-10-3-1-2-4-12(10)17-13;/h2*1-7,9,15H;. The van der Waals surface area contributed by atoms with Crippen molar-refractivity contribution in [3.63, 3.8) is 0 Å². The van der Waals surface area contributed by atoms with Gasteiger partial charge in [-0.2, -0.15) is 0 Å². The van der Waals surface area contributed by atoms with E-state index in [9.17, 15) is 19.8 Å². The Labute approximate surface area is 202 Å². The zero-order valence-corrected chi connectivity index (χ0v) is 18.4. The van der Waals surface area contributed by atoms with Crippen molar-refractivity contribution in [1.29, 1.82) is 0 Å². The topological polar surface area (TPSA) is 127 Å². The number of aliphatic hydroxyl groups is 2. The average molecular weight is 463 g/mol. The van der Waals surface area contributed by atoms with Crippen LogP contribution in [0.2, 0.25) is 0 Å². The van der Waals surface area contributed by atoms with Crippen molar-refractivity contribution >= 4 is 43.9 Å². The van der Waals surface area contributed by atoms with Gasteiger partial charge in [0.2, 0.25) is 11.8 Å². The first-order valence-corrected chi connectivity index (χ1v) is 10.4. The summed E-state index contributed by atoms with van der Waals surface area (Å²) in [6.45, 7) is 0. The van der Waals surface area contributed by atoms with Crippen molar-refractivity contribution in [2.24, 2.45) is 0 Å². The molecule has 0 bridgehead atoms. The second-order valence-corrected chi connectivity index (χ2v) is 7.66. The molecule has 4 aromatic rings. The minimum absolute atomic E-state index is 0. The van der Waals surface area contributed by atoms with Crippen molar-refractivity contribution < 1.29 is 28.6 Å². The van der Waals surface area contributed by atoms with Crippen molar-refractivity contribution in [3.05, 3.63) is 108 Å². The minimum Gasteiger partial charge on any atom is -0.508 e. The van der Waals surface area contributed by atoms with Crippen LogP contribution in [0.1, 0.15) is 23.6 Å². The summed E-state index contributed by atoms with van der Waals surface area (Å²) >= 11 is 0. The van der Waals surface area contributed by atoms with Gasteiger partial charge in [0.05, 0.1) is 0 Å². The predicted molar refractivity (Wildman–Crippen MR) is 129 cm³/mol. The molecule has 0 saturated carbocycles. The van der Waals surface area contributed by atoms with Crippen LogP contribution in [-0.4, -0.2) is 41.9 Å². The molecule has 2 radical (unpaired) electrons. The Bertz CT molecular complexity index is 1360. The first-order valence-electron chi connectivity index (χ1n) is 10.4. The fraction of sp³-hybridized carbons (Fsp3) is 0.0769. The van der Waals surface area contributed by atoms with E-state index in [1.807, 2.05) is 36.4 Å². The maximum Gasteiger partial charge on any atom is 0.210 e. The number of oxazole rings is 2. The summed E-state index contributed by atoms with van der Waals surface area (Å²) in [6, 6.07) is 14.7. The molecule has 170 valence electrons. The number of carbonyl (C=O) groups is 2. The van der Waals surface area contributed by atoms with E-state index in [1.54, 1.807) is 24.3 Å². The summed E-state index contributed by atoms with van der Waals surface area (Å²) < 4.78 is 11.0. The van der Waals surface area contributed by atoms with Crippen LogP contribution in [0.25, 0.3) is 22.2 Å².